The number of fused-ring (bicyclic) bond motifs is 1. The number of nitrogens with zero attached hydrogens (tertiary/aromatic N) is 1. The lowest BCUT2D eigenvalue weighted by atomic mass is 10.1. The molecule has 142 valence electrons. The Morgan fingerprint density at radius 2 is 1.78 bits per heavy atom. The molecular formula is C20H23N3O3S. The zero-order chi connectivity index (χ0) is 19.2. The van der Waals surface area contributed by atoms with Gasteiger partial charge in [-0.05, 0) is 55.3 Å². The van der Waals surface area contributed by atoms with E-state index in [0.717, 1.165) is 27.2 Å². The normalized spacial score (nSPS) is 12.0. The molecule has 1 atom stereocenters. The fourth-order valence-corrected chi connectivity index (χ4v) is 3.35. The van der Waals surface area contributed by atoms with E-state index in [9.17, 15) is 5.11 Å². The Kier molecular flexibility index (Phi) is 6.39. The molecule has 7 heteroatoms. The summed E-state index contributed by atoms with van der Waals surface area (Å²) in [5.74, 6) is 1.32. The fourth-order valence-electron chi connectivity index (χ4n) is 2.59. The van der Waals surface area contributed by atoms with E-state index in [2.05, 4.69) is 15.0 Å². The third-order valence-corrected chi connectivity index (χ3v) is 4.77. The van der Waals surface area contributed by atoms with Crippen molar-refractivity contribution in [1.29, 1.82) is 0 Å². The second-order valence-electron chi connectivity index (χ2n) is 6.03. The van der Waals surface area contributed by atoms with Crippen LogP contribution in [0.2, 0.25) is 0 Å². The summed E-state index contributed by atoms with van der Waals surface area (Å²) >= 11 is 1.50. The highest BCUT2D eigenvalue weighted by Crippen LogP contribution is 2.35. The van der Waals surface area contributed by atoms with Crippen molar-refractivity contribution in [3.8, 4) is 11.5 Å². The van der Waals surface area contributed by atoms with Crippen molar-refractivity contribution in [2.45, 2.75) is 17.9 Å². The number of hydrogen-bond donors (Lipinski definition) is 3. The van der Waals surface area contributed by atoms with Crippen molar-refractivity contribution in [1.82, 2.24) is 9.71 Å². The Labute approximate surface area is 163 Å². The van der Waals surface area contributed by atoms with E-state index < -0.39 is 0 Å². The van der Waals surface area contributed by atoms with Gasteiger partial charge in [0.15, 0.2) is 11.5 Å². The lowest BCUT2D eigenvalue weighted by molar-refractivity contribution is 0.200. The van der Waals surface area contributed by atoms with E-state index in [1.807, 2.05) is 42.5 Å². The van der Waals surface area contributed by atoms with Crippen LogP contribution in [-0.2, 0) is 0 Å². The van der Waals surface area contributed by atoms with Gasteiger partial charge in [0, 0.05) is 40.5 Å². The van der Waals surface area contributed by atoms with Crippen molar-refractivity contribution in [3.63, 3.8) is 0 Å². The van der Waals surface area contributed by atoms with Crippen molar-refractivity contribution in [3.05, 3.63) is 48.7 Å². The summed E-state index contributed by atoms with van der Waals surface area (Å²) < 4.78 is 13.9. The Balaban J connectivity index is 1.80. The van der Waals surface area contributed by atoms with Gasteiger partial charge >= 0.3 is 0 Å². The number of benzene rings is 2. The Bertz CT molecular complexity index is 901. The summed E-state index contributed by atoms with van der Waals surface area (Å²) in [6.45, 7) is 2.29. The highest BCUT2D eigenvalue weighted by Gasteiger charge is 2.10. The van der Waals surface area contributed by atoms with E-state index in [0.29, 0.717) is 18.0 Å². The second kappa shape index (κ2) is 8.94. The molecule has 3 aromatic rings. The maximum absolute atomic E-state index is 9.29. The van der Waals surface area contributed by atoms with Gasteiger partial charge in [0.2, 0.25) is 0 Å². The minimum Gasteiger partial charge on any atom is -0.493 e. The molecule has 27 heavy (non-hydrogen) atoms. The Hall–Kier alpha value is -2.48. The molecule has 0 aliphatic heterocycles. The predicted octanol–water partition coefficient (Wildman–Crippen LogP) is 3.97. The van der Waals surface area contributed by atoms with Crippen LogP contribution >= 0.6 is 11.9 Å². The van der Waals surface area contributed by atoms with Gasteiger partial charge in [-0.15, -0.1) is 0 Å². The number of pyridine rings is 1. The molecule has 3 N–H and O–H groups in total. The first-order chi connectivity index (χ1) is 13.1. The smallest absolute Gasteiger partial charge is 0.162 e. The van der Waals surface area contributed by atoms with E-state index in [4.69, 9.17) is 9.47 Å². The molecule has 2 aromatic carbocycles. The SMILES string of the molecule is COc1cc2nccc(Nc3ccc(SNCC(C)O)cc3)c2cc1OC. The van der Waals surface area contributed by atoms with Gasteiger partial charge in [-0.3, -0.25) is 9.71 Å². The average Bonchev–Trinajstić information content (AvgIpc) is 2.68. The van der Waals surface area contributed by atoms with Gasteiger partial charge < -0.3 is 19.9 Å². The molecule has 0 bridgehead atoms. The Morgan fingerprint density at radius 1 is 1.07 bits per heavy atom. The molecule has 1 heterocycles. The monoisotopic (exact) mass is 385 g/mol. The topological polar surface area (TPSA) is 75.6 Å². The zero-order valence-corrected chi connectivity index (χ0v) is 16.3. The molecule has 1 unspecified atom stereocenters. The fraction of sp³-hybridized carbons (Fsp3) is 0.250. The van der Waals surface area contributed by atoms with Crippen LogP contribution in [-0.4, -0.2) is 37.0 Å². The van der Waals surface area contributed by atoms with Gasteiger partial charge in [-0.2, -0.15) is 0 Å². The van der Waals surface area contributed by atoms with Gasteiger partial charge in [0.05, 0.1) is 25.8 Å². The standard InChI is InChI=1S/C20H23N3O3S/c1-13(24)12-22-27-15-6-4-14(5-7-15)23-17-8-9-21-18-11-20(26-3)19(25-2)10-16(17)18/h4-11,13,22,24H,12H2,1-3H3,(H,21,23). The predicted molar refractivity (Wildman–Crippen MR) is 110 cm³/mol. The summed E-state index contributed by atoms with van der Waals surface area (Å²) in [5.41, 5.74) is 2.73. The van der Waals surface area contributed by atoms with Crippen molar-refractivity contribution < 1.29 is 14.6 Å². The van der Waals surface area contributed by atoms with E-state index in [1.165, 1.54) is 11.9 Å². The van der Waals surface area contributed by atoms with Crippen LogP contribution in [0, 0.1) is 0 Å². The van der Waals surface area contributed by atoms with Crippen molar-refractivity contribution >= 4 is 34.2 Å². The summed E-state index contributed by atoms with van der Waals surface area (Å²) in [7, 11) is 3.23. The van der Waals surface area contributed by atoms with E-state index in [-0.39, 0.29) is 6.10 Å². The molecule has 0 aliphatic rings. The number of aromatic nitrogens is 1. The number of methoxy groups -OCH3 is 2. The van der Waals surface area contributed by atoms with Crippen LogP contribution in [0.3, 0.4) is 0 Å². The van der Waals surface area contributed by atoms with Crippen LogP contribution in [0.25, 0.3) is 10.9 Å². The first kappa shape index (κ1) is 19.3. The number of aliphatic hydroxyl groups is 1. The van der Waals surface area contributed by atoms with Gasteiger partial charge in [0.1, 0.15) is 0 Å². The molecule has 1 aromatic heterocycles. The van der Waals surface area contributed by atoms with Crippen LogP contribution < -0.4 is 19.5 Å². The molecule has 0 aliphatic carbocycles. The van der Waals surface area contributed by atoms with Gasteiger partial charge in [-0.25, -0.2) is 0 Å². The molecule has 0 spiro atoms. The summed E-state index contributed by atoms with van der Waals surface area (Å²) in [6, 6.07) is 13.8. The molecule has 0 radical (unpaired) electrons. The highest BCUT2D eigenvalue weighted by atomic mass is 32.2. The van der Waals surface area contributed by atoms with E-state index >= 15 is 0 Å². The summed E-state index contributed by atoms with van der Waals surface area (Å²) in [5, 5.41) is 13.7. The van der Waals surface area contributed by atoms with E-state index in [1.54, 1.807) is 27.3 Å². The molecular weight excluding hydrogens is 362 g/mol. The summed E-state index contributed by atoms with van der Waals surface area (Å²) in [6.07, 6.45) is 1.40. The number of rotatable bonds is 8. The third kappa shape index (κ3) is 4.82. The van der Waals surface area contributed by atoms with Crippen LogP contribution in [0.5, 0.6) is 11.5 Å². The maximum Gasteiger partial charge on any atom is 0.162 e. The Morgan fingerprint density at radius 3 is 2.44 bits per heavy atom. The molecule has 6 nitrogen and oxygen atoms in total. The second-order valence-corrected chi connectivity index (χ2v) is 7.00. The largest absolute Gasteiger partial charge is 0.493 e. The highest BCUT2D eigenvalue weighted by molar-refractivity contribution is 7.97. The summed E-state index contributed by atoms with van der Waals surface area (Å²) in [4.78, 5) is 5.50. The van der Waals surface area contributed by atoms with Crippen LogP contribution in [0.1, 0.15) is 6.92 Å². The molecule has 0 saturated carbocycles. The maximum atomic E-state index is 9.29. The molecule has 3 rings (SSSR count). The van der Waals surface area contributed by atoms with Gasteiger partial charge in [0.25, 0.3) is 0 Å². The molecule has 0 amide bonds. The zero-order valence-electron chi connectivity index (χ0n) is 15.5. The first-order valence-electron chi connectivity index (χ1n) is 8.56. The van der Waals surface area contributed by atoms with Crippen LogP contribution in [0.4, 0.5) is 11.4 Å². The molecule has 0 fully saturated rings. The average molecular weight is 385 g/mol. The number of hydrogen-bond acceptors (Lipinski definition) is 7. The quantitative estimate of drug-likeness (QED) is 0.507. The number of ether oxygens (including phenoxy) is 2. The van der Waals surface area contributed by atoms with Crippen molar-refractivity contribution in [2.24, 2.45) is 0 Å². The van der Waals surface area contributed by atoms with Crippen molar-refractivity contribution in [2.75, 3.05) is 26.1 Å². The third-order valence-electron chi connectivity index (χ3n) is 3.95. The first-order valence-corrected chi connectivity index (χ1v) is 9.38. The lowest BCUT2D eigenvalue weighted by Gasteiger charge is -2.13. The number of aliphatic hydroxyl groups excluding tert-OH is 1. The lowest BCUT2D eigenvalue weighted by Crippen LogP contribution is -2.18. The van der Waals surface area contributed by atoms with Crippen LogP contribution in [0.15, 0.2) is 53.6 Å². The number of nitrogens with one attached hydrogen (secondary N) is 2. The molecule has 0 saturated heterocycles. The van der Waals surface area contributed by atoms with Gasteiger partial charge in [-0.1, -0.05) is 0 Å². The minimum atomic E-state index is -0.367. The number of anilines is 2. The minimum absolute atomic E-state index is 0.367.